The fraction of sp³-hybridized carbons (Fsp3) is 0.280. The highest BCUT2D eigenvalue weighted by Gasteiger charge is 2.23. The molecule has 1 N–H and O–H groups in total. The summed E-state index contributed by atoms with van der Waals surface area (Å²) in [5.41, 5.74) is 4.57. The van der Waals surface area contributed by atoms with Gasteiger partial charge in [-0.25, -0.2) is 9.78 Å². The highest BCUT2D eigenvalue weighted by Crippen LogP contribution is 2.36. The van der Waals surface area contributed by atoms with E-state index in [0.717, 1.165) is 22.5 Å². The van der Waals surface area contributed by atoms with Crippen molar-refractivity contribution >= 4 is 39.1 Å². The quantitative estimate of drug-likeness (QED) is 0.368. The van der Waals surface area contributed by atoms with Crippen molar-refractivity contribution in [2.45, 2.75) is 33.4 Å². The van der Waals surface area contributed by atoms with E-state index in [9.17, 15) is 9.59 Å². The number of pyridine rings is 1. The molecule has 0 fully saturated rings. The summed E-state index contributed by atoms with van der Waals surface area (Å²) in [4.78, 5) is 33.4. The molecule has 9 heteroatoms. The number of ether oxygens (including phenoxy) is 1. The highest BCUT2D eigenvalue weighted by atomic mass is 32.1. The Hall–Kier alpha value is -3.56. The van der Waals surface area contributed by atoms with Crippen LogP contribution in [0.4, 0.5) is 5.69 Å². The van der Waals surface area contributed by atoms with Crippen LogP contribution in [0.1, 0.15) is 55.5 Å². The van der Waals surface area contributed by atoms with E-state index in [1.165, 1.54) is 18.4 Å². The van der Waals surface area contributed by atoms with Crippen LogP contribution in [0.5, 0.6) is 0 Å². The second-order valence-electron chi connectivity index (χ2n) is 8.24. The Kier molecular flexibility index (Phi) is 6.76. The van der Waals surface area contributed by atoms with Gasteiger partial charge in [-0.05, 0) is 51.6 Å². The first-order valence-electron chi connectivity index (χ1n) is 10.8. The molecule has 1 atom stereocenters. The summed E-state index contributed by atoms with van der Waals surface area (Å²) in [6.07, 6.45) is 1.55. The maximum Gasteiger partial charge on any atom is 0.350 e. The number of carbonyl (C=O) groups is 2. The number of esters is 1. The van der Waals surface area contributed by atoms with E-state index >= 15 is 0 Å². The predicted octanol–water partition coefficient (Wildman–Crippen LogP) is 5.13. The van der Waals surface area contributed by atoms with Gasteiger partial charge in [0.25, 0.3) is 5.91 Å². The van der Waals surface area contributed by atoms with E-state index in [0.29, 0.717) is 32.9 Å². The molecular weight excluding hydrogens is 452 g/mol. The van der Waals surface area contributed by atoms with Crippen LogP contribution in [0.3, 0.4) is 0 Å². The normalized spacial score (nSPS) is 12.2. The average Bonchev–Trinajstić information content (AvgIpc) is 3.46. The Bertz CT molecular complexity index is 1350. The van der Waals surface area contributed by atoms with Gasteiger partial charge in [0.05, 0.1) is 24.5 Å². The molecule has 1 amide bonds. The number of hydrogen-bond donors (Lipinski definition) is 1. The monoisotopic (exact) mass is 478 g/mol. The Labute approximate surface area is 201 Å². The van der Waals surface area contributed by atoms with Crippen molar-refractivity contribution in [2.24, 2.45) is 0 Å². The summed E-state index contributed by atoms with van der Waals surface area (Å²) in [5.74, 6) is -0.801. The number of nitrogens with one attached hydrogen (secondary N) is 1. The predicted molar refractivity (Wildman–Crippen MR) is 131 cm³/mol. The number of anilines is 1. The maximum atomic E-state index is 13.1. The zero-order valence-corrected chi connectivity index (χ0v) is 20.5. The van der Waals surface area contributed by atoms with Gasteiger partial charge in [-0.2, -0.15) is 0 Å². The van der Waals surface area contributed by atoms with E-state index < -0.39 is 5.97 Å². The summed E-state index contributed by atoms with van der Waals surface area (Å²) in [6.45, 7) is 6.47. The van der Waals surface area contributed by atoms with Crippen molar-refractivity contribution in [3.63, 3.8) is 0 Å². The molecule has 1 aromatic carbocycles. The van der Waals surface area contributed by atoms with E-state index in [1.807, 2.05) is 58.2 Å². The van der Waals surface area contributed by atoms with Crippen molar-refractivity contribution in [1.29, 1.82) is 0 Å². The molecule has 0 aliphatic rings. The van der Waals surface area contributed by atoms with Gasteiger partial charge in [-0.3, -0.25) is 9.69 Å². The summed E-state index contributed by atoms with van der Waals surface area (Å²) in [6, 6.07) is 11.3. The second kappa shape index (κ2) is 9.74. The molecule has 4 aromatic rings. The lowest BCUT2D eigenvalue weighted by atomic mass is 10.1. The molecule has 3 heterocycles. The number of aryl methyl sites for hydroxylation is 2. The van der Waals surface area contributed by atoms with Crippen LogP contribution in [-0.2, 0) is 11.3 Å². The number of benzene rings is 1. The van der Waals surface area contributed by atoms with Gasteiger partial charge in [-0.1, -0.05) is 22.9 Å². The van der Waals surface area contributed by atoms with Gasteiger partial charge in [0.15, 0.2) is 0 Å². The standard InChI is InChI=1S/C25H26N4O4S/c1-14-6-8-18(15(2)12-14)23(30)27-21-19-9-7-17(26-24(19)34-22(21)25(31)32-5)13-29(4)16(3)20-10-11-33-28-20/h6-12,16H,13H2,1-5H3,(H,27,30). The van der Waals surface area contributed by atoms with Crippen molar-refractivity contribution in [1.82, 2.24) is 15.0 Å². The Morgan fingerprint density at radius 2 is 2.00 bits per heavy atom. The molecular formula is C25H26N4O4S. The topological polar surface area (TPSA) is 97.6 Å². The zero-order valence-electron chi connectivity index (χ0n) is 19.7. The smallest absolute Gasteiger partial charge is 0.350 e. The lowest BCUT2D eigenvalue weighted by Crippen LogP contribution is -2.22. The van der Waals surface area contributed by atoms with Gasteiger partial charge >= 0.3 is 5.97 Å². The molecule has 1 unspecified atom stereocenters. The molecule has 0 radical (unpaired) electrons. The number of methoxy groups -OCH3 is 1. The number of thiophene rings is 1. The first-order valence-corrected chi connectivity index (χ1v) is 11.6. The van der Waals surface area contributed by atoms with Crippen LogP contribution in [0.15, 0.2) is 47.2 Å². The number of carbonyl (C=O) groups excluding carboxylic acids is 2. The fourth-order valence-electron chi connectivity index (χ4n) is 3.77. The molecule has 8 nitrogen and oxygen atoms in total. The molecule has 34 heavy (non-hydrogen) atoms. The van der Waals surface area contributed by atoms with Gasteiger partial charge in [0, 0.05) is 23.6 Å². The molecule has 3 aromatic heterocycles. The van der Waals surface area contributed by atoms with E-state index in [2.05, 4.69) is 15.4 Å². The van der Waals surface area contributed by atoms with Gasteiger partial charge in [0.2, 0.25) is 0 Å². The van der Waals surface area contributed by atoms with Crippen molar-refractivity contribution in [2.75, 3.05) is 19.5 Å². The van der Waals surface area contributed by atoms with Gasteiger partial charge < -0.3 is 14.6 Å². The lowest BCUT2D eigenvalue weighted by Gasteiger charge is -2.22. The summed E-state index contributed by atoms with van der Waals surface area (Å²) in [5, 5.41) is 7.63. The highest BCUT2D eigenvalue weighted by molar-refractivity contribution is 7.21. The van der Waals surface area contributed by atoms with Crippen LogP contribution in [0.2, 0.25) is 0 Å². The lowest BCUT2D eigenvalue weighted by molar-refractivity contribution is 0.0607. The number of amides is 1. The van der Waals surface area contributed by atoms with Crippen LogP contribution in [0.25, 0.3) is 10.2 Å². The van der Waals surface area contributed by atoms with Gasteiger partial charge in [0.1, 0.15) is 21.7 Å². The fourth-order valence-corrected chi connectivity index (χ4v) is 4.84. The summed E-state index contributed by atoms with van der Waals surface area (Å²) in [7, 11) is 3.30. The first-order chi connectivity index (χ1) is 16.3. The number of aromatic nitrogens is 2. The Balaban J connectivity index is 1.65. The van der Waals surface area contributed by atoms with Crippen molar-refractivity contribution < 1.29 is 18.8 Å². The number of fused-ring (bicyclic) bond motifs is 1. The zero-order chi connectivity index (χ0) is 24.4. The summed E-state index contributed by atoms with van der Waals surface area (Å²) >= 11 is 1.20. The molecule has 0 saturated heterocycles. The third-order valence-electron chi connectivity index (χ3n) is 5.81. The Morgan fingerprint density at radius 1 is 1.21 bits per heavy atom. The van der Waals surface area contributed by atoms with E-state index in [1.54, 1.807) is 12.3 Å². The minimum atomic E-state index is -0.516. The molecule has 0 spiro atoms. The first kappa shape index (κ1) is 23.6. The van der Waals surface area contributed by atoms with Crippen LogP contribution in [0, 0.1) is 13.8 Å². The molecule has 0 aliphatic heterocycles. The third kappa shape index (κ3) is 4.71. The van der Waals surface area contributed by atoms with Crippen LogP contribution < -0.4 is 5.32 Å². The molecule has 0 bridgehead atoms. The molecule has 0 saturated carbocycles. The van der Waals surface area contributed by atoms with Crippen LogP contribution >= 0.6 is 11.3 Å². The number of rotatable bonds is 7. The largest absolute Gasteiger partial charge is 0.465 e. The van der Waals surface area contributed by atoms with Crippen LogP contribution in [-0.4, -0.2) is 41.1 Å². The second-order valence-corrected chi connectivity index (χ2v) is 9.24. The number of hydrogen-bond acceptors (Lipinski definition) is 8. The third-order valence-corrected chi connectivity index (χ3v) is 6.89. The average molecular weight is 479 g/mol. The SMILES string of the molecule is COC(=O)c1sc2nc(CN(C)C(C)c3ccon3)ccc2c1NC(=O)c1ccc(C)cc1C. The van der Waals surface area contributed by atoms with E-state index in [4.69, 9.17) is 14.2 Å². The molecule has 0 aliphatic carbocycles. The molecule has 176 valence electrons. The van der Waals surface area contributed by atoms with Gasteiger partial charge in [-0.15, -0.1) is 11.3 Å². The van der Waals surface area contributed by atoms with Crippen molar-refractivity contribution in [3.05, 3.63) is 75.6 Å². The minimum absolute atomic E-state index is 0.0396. The Morgan fingerprint density at radius 3 is 2.68 bits per heavy atom. The molecule has 4 rings (SSSR count). The van der Waals surface area contributed by atoms with Crippen molar-refractivity contribution in [3.8, 4) is 0 Å². The maximum absolute atomic E-state index is 13.1. The number of nitrogens with zero attached hydrogens (tertiary/aromatic N) is 3. The minimum Gasteiger partial charge on any atom is -0.465 e. The summed E-state index contributed by atoms with van der Waals surface area (Å²) < 4.78 is 9.92. The van der Waals surface area contributed by atoms with E-state index in [-0.39, 0.29) is 11.9 Å².